The van der Waals surface area contributed by atoms with Gasteiger partial charge < -0.3 is 10.2 Å². The Morgan fingerprint density at radius 2 is 1.68 bits per heavy atom. The lowest BCUT2D eigenvalue weighted by molar-refractivity contribution is 0.0637. The van der Waals surface area contributed by atoms with Crippen molar-refractivity contribution in [3.63, 3.8) is 0 Å². The van der Waals surface area contributed by atoms with Gasteiger partial charge in [0.15, 0.2) is 11.3 Å². The molecular weight excluding hydrogens is 410 g/mol. The Morgan fingerprint density at radius 3 is 2.42 bits per heavy atom. The van der Waals surface area contributed by atoms with Crippen LogP contribution in [0.3, 0.4) is 0 Å². The van der Waals surface area contributed by atoms with Gasteiger partial charge in [0.2, 0.25) is 0 Å². The zero-order chi connectivity index (χ0) is 20.3. The molecule has 3 aromatic rings. The van der Waals surface area contributed by atoms with Crippen molar-refractivity contribution in [1.29, 1.82) is 0 Å². The Balaban J connectivity index is 0.00000231. The Bertz CT molecular complexity index is 1010. The number of aromatic nitrogens is 3. The van der Waals surface area contributed by atoms with E-state index in [9.17, 15) is 4.79 Å². The fourth-order valence-electron chi connectivity index (χ4n) is 5.07. The van der Waals surface area contributed by atoms with Crippen LogP contribution in [-0.4, -0.2) is 51.8 Å². The summed E-state index contributed by atoms with van der Waals surface area (Å²) in [4.78, 5) is 19.9. The molecule has 6 nitrogen and oxygen atoms in total. The van der Waals surface area contributed by atoms with E-state index in [0.29, 0.717) is 12.2 Å². The smallest absolute Gasteiger partial charge is 0.275 e. The number of rotatable bonds is 4. The Hall–Kier alpha value is -2.44. The molecule has 0 atom stereocenters. The molecule has 0 unspecified atom stereocenters. The molecule has 7 heteroatoms. The van der Waals surface area contributed by atoms with Gasteiger partial charge in [-0.15, -0.1) is 12.4 Å². The van der Waals surface area contributed by atoms with Crippen LogP contribution in [-0.2, 0) is 6.54 Å². The summed E-state index contributed by atoms with van der Waals surface area (Å²) in [7, 11) is 0. The molecule has 2 aliphatic rings. The lowest BCUT2D eigenvalue weighted by Crippen LogP contribution is -2.42. The maximum absolute atomic E-state index is 13.4. The van der Waals surface area contributed by atoms with Crippen LogP contribution >= 0.6 is 12.4 Å². The van der Waals surface area contributed by atoms with Crippen molar-refractivity contribution in [1.82, 2.24) is 25.0 Å². The third kappa shape index (κ3) is 4.60. The van der Waals surface area contributed by atoms with Gasteiger partial charge in [-0.05, 0) is 68.3 Å². The average Bonchev–Trinajstić information content (AvgIpc) is 3.18. The highest BCUT2D eigenvalue weighted by Gasteiger charge is 2.31. The van der Waals surface area contributed by atoms with Crippen LogP contribution in [0, 0.1) is 11.8 Å². The third-order valence-electron chi connectivity index (χ3n) is 6.76. The first-order valence-electron chi connectivity index (χ1n) is 11.1. The number of amides is 1. The van der Waals surface area contributed by atoms with Gasteiger partial charge in [0.25, 0.3) is 5.91 Å². The van der Waals surface area contributed by atoms with Crippen LogP contribution in [0.5, 0.6) is 0 Å². The van der Waals surface area contributed by atoms with Gasteiger partial charge in [0, 0.05) is 19.3 Å². The first-order chi connectivity index (χ1) is 14.8. The lowest BCUT2D eigenvalue weighted by atomic mass is 9.79. The zero-order valence-corrected chi connectivity index (χ0v) is 18.6. The van der Waals surface area contributed by atoms with E-state index in [1.54, 1.807) is 6.20 Å². The first kappa shape index (κ1) is 21.8. The van der Waals surface area contributed by atoms with Gasteiger partial charge >= 0.3 is 0 Å². The van der Waals surface area contributed by atoms with Gasteiger partial charge in [0.1, 0.15) is 0 Å². The van der Waals surface area contributed by atoms with Crippen molar-refractivity contribution in [3.05, 3.63) is 59.9 Å². The summed E-state index contributed by atoms with van der Waals surface area (Å²) in [5.41, 5.74) is 2.46. The first-order valence-corrected chi connectivity index (χ1v) is 11.1. The molecule has 2 aromatic heterocycles. The van der Waals surface area contributed by atoms with Crippen molar-refractivity contribution >= 4 is 29.3 Å². The number of carbonyl (C=O) groups excluding carboxylic acids is 1. The number of nitrogens with zero attached hydrogens (tertiary/aromatic N) is 4. The Labute approximate surface area is 189 Å². The number of nitrogens with one attached hydrogen (secondary N) is 1. The van der Waals surface area contributed by atoms with E-state index in [1.807, 2.05) is 39.9 Å². The monoisotopic (exact) mass is 439 g/mol. The maximum Gasteiger partial charge on any atom is 0.275 e. The largest absolute Gasteiger partial charge is 0.337 e. The number of pyridine rings is 1. The second kappa shape index (κ2) is 9.79. The summed E-state index contributed by atoms with van der Waals surface area (Å²) in [5, 5.41) is 9.03. The number of benzene rings is 1. The van der Waals surface area contributed by atoms with E-state index in [2.05, 4.69) is 22.4 Å². The zero-order valence-electron chi connectivity index (χ0n) is 17.7. The summed E-state index contributed by atoms with van der Waals surface area (Å²) in [6, 6.07) is 14.0. The highest BCUT2D eigenvalue weighted by Crippen LogP contribution is 2.31. The highest BCUT2D eigenvalue weighted by atomic mass is 35.5. The number of likely N-dealkylation sites (tertiary alicyclic amines) is 1. The molecule has 1 amide bonds. The molecule has 4 heterocycles. The fraction of sp³-hybridized carbons (Fsp3) is 0.458. The molecule has 5 rings (SSSR count). The molecule has 31 heavy (non-hydrogen) atoms. The topological polar surface area (TPSA) is 63.1 Å². The van der Waals surface area contributed by atoms with Crippen LogP contribution < -0.4 is 5.32 Å². The quantitative estimate of drug-likeness (QED) is 0.672. The molecule has 0 saturated carbocycles. The molecule has 164 valence electrons. The van der Waals surface area contributed by atoms with Gasteiger partial charge in [0.05, 0.1) is 11.9 Å². The van der Waals surface area contributed by atoms with Crippen LogP contribution in [0.1, 0.15) is 41.7 Å². The van der Waals surface area contributed by atoms with Crippen molar-refractivity contribution in [2.24, 2.45) is 11.8 Å². The molecule has 0 radical (unpaired) electrons. The van der Waals surface area contributed by atoms with E-state index >= 15 is 0 Å². The maximum atomic E-state index is 13.4. The van der Waals surface area contributed by atoms with Crippen molar-refractivity contribution < 1.29 is 4.79 Å². The Morgan fingerprint density at radius 1 is 0.968 bits per heavy atom. The van der Waals surface area contributed by atoms with Crippen LogP contribution in [0.4, 0.5) is 0 Å². The minimum atomic E-state index is 0. The molecular formula is C24H30ClN5O. The number of piperidine rings is 2. The molecule has 2 fully saturated rings. The van der Waals surface area contributed by atoms with E-state index in [1.165, 1.54) is 12.8 Å². The number of hydrogen-bond donors (Lipinski definition) is 1. The summed E-state index contributed by atoms with van der Waals surface area (Å²) >= 11 is 0. The van der Waals surface area contributed by atoms with E-state index in [4.69, 9.17) is 5.10 Å². The number of fused-ring (bicyclic) bond motifs is 1. The minimum Gasteiger partial charge on any atom is -0.337 e. The summed E-state index contributed by atoms with van der Waals surface area (Å²) in [6.07, 6.45) is 6.54. The van der Waals surface area contributed by atoms with Gasteiger partial charge in [-0.25, -0.2) is 9.67 Å². The predicted octanol–water partition coefficient (Wildman–Crippen LogP) is 3.75. The van der Waals surface area contributed by atoms with Crippen LogP contribution in [0.2, 0.25) is 0 Å². The van der Waals surface area contributed by atoms with Gasteiger partial charge in [-0.3, -0.25) is 4.79 Å². The lowest BCUT2D eigenvalue weighted by Gasteiger charge is -2.37. The van der Waals surface area contributed by atoms with Gasteiger partial charge in [-0.1, -0.05) is 30.3 Å². The van der Waals surface area contributed by atoms with E-state index in [0.717, 1.165) is 67.5 Å². The van der Waals surface area contributed by atoms with E-state index in [-0.39, 0.29) is 18.3 Å². The van der Waals surface area contributed by atoms with Crippen LogP contribution in [0.15, 0.2) is 48.7 Å². The summed E-state index contributed by atoms with van der Waals surface area (Å²) in [5.74, 6) is 1.62. The SMILES string of the molecule is Cl.O=C(c1nn(Cc2ccccc2)c2ncccc12)N1CCC(C2CCNCC2)CC1. The minimum absolute atomic E-state index is 0. The second-order valence-electron chi connectivity index (χ2n) is 8.58. The van der Waals surface area contributed by atoms with Gasteiger partial charge in [-0.2, -0.15) is 5.10 Å². The van der Waals surface area contributed by atoms with E-state index < -0.39 is 0 Å². The summed E-state index contributed by atoms with van der Waals surface area (Å²) in [6.45, 7) is 4.56. The molecule has 0 aliphatic carbocycles. The number of carbonyl (C=O) groups is 1. The molecule has 1 aromatic carbocycles. The highest BCUT2D eigenvalue weighted by molar-refractivity contribution is 6.04. The Kier molecular flexibility index (Phi) is 6.88. The fourth-order valence-corrected chi connectivity index (χ4v) is 5.07. The molecule has 0 spiro atoms. The average molecular weight is 440 g/mol. The predicted molar refractivity (Wildman–Crippen MR) is 125 cm³/mol. The number of halogens is 1. The van der Waals surface area contributed by atoms with Crippen molar-refractivity contribution in [2.45, 2.75) is 32.2 Å². The molecule has 0 bridgehead atoms. The van der Waals surface area contributed by atoms with Crippen LogP contribution in [0.25, 0.3) is 11.0 Å². The third-order valence-corrected chi connectivity index (χ3v) is 6.76. The standard InChI is InChI=1S/C24H29N5O.ClH/c30-24(28-15-10-20(11-16-28)19-8-13-25-14-9-19)22-21-7-4-12-26-23(21)29(27-22)17-18-5-2-1-3-6-18;/h1-7,12,19-20,25H,8-11,13-17H2;1H. The van der Waals surface area contributed by atoms with Crippen molar-refractivity contribution in [3.8, 4) is 0 Å². The second-order valence-corrected chi connectivity index (χ2v) is 8.58. The molecule has 2 saturated heterocycles. The molecule has 2 aliphatic heterocycles. The summed E-state index contributed by atoms with van der Waals surface area (Å²) < 4.78 is 1.86. The number of hydrogen-bond acceptors (Lipinski definition) is 4. The molecule has 1 N–H and O–H groups in total. The normalized spacial score (nSPS) is 18.1. The van der Waals surface area contributed by atoms with Crippen molar-refractivity contribution in [2.75, 3.05) is 26.2 Å².